The van der Waals surface area contributed by atoms with Gasteiger partial charge in [0.1, 0.15) is 11.6 Å². The van der Waals surface area contributed by atoms with Crippen molar-refractivity contribution in [1.82, 2.24) is 14.9 Å². The fraction of sp³-hybridized carbons (Fsp3) is 0.310. The molecule has 1 fully saturated rings. The molecule has 0 saturated carbocycles. The molecule has 1 N–H and O–H groups in total. The highest BCUT2D eigenvalue weighted by molar-refractivity contribution is 7.14. The van der Waals surface area contributed by atoms with Gasteiger partial charge in [-0.05, 0) is 72.7 Å². The van der Waals surface area contributed by atoms with Gasteiger partial charge in [-0.25, -0.2) is 14.4 Å². The third-order valence-electron chi connectivity index (χ3n) is 9.13. The summed E-state index contributed by atoms with van der Waals surface area (Å²) >= 11 is 1.45. The standard InChI is InChI=1S/C42H42FN3O5S/c1-25(2)51-33-13-10-27(11-14-33)29-12-15-34(35(43)19-29)31-21-44-39(45-22-31)28-8-6-26(7-9-28)18-30(40(48)46-23-32(24-46)41(49)50)20-36(47)37-16-17-38(52-37)42(3,4)5/h6-17,19,21-22,25,30,32H,18,20,23-24H2,1-5H3,(H,49,50)/t30-/m1/s1. The Morgan fingerprint density at radius 2 is 1.52 bits per heavy atom. The molecule has 1 saturated heterocycles. The Balaban J connectivity index is 1.14. The van der Waals surface area contributed by atoms with Gasteiger partial charge in [-0.1, -0.05) is 69.3 Å². The first-order valence-corrected chi connectivity index (χ1v) is 18.2. The fourth-order valence-electron chi connectivity index (χ4n) is 6.15. The highest BCUT2D eigenvalue weighted by atomic mass is 32.1. The summed E-state index contributed by atoms with van der Waals surface area (Å²) < 4.78 is 21.0. The van der Waals surface area contributed by atoms with Crippen LogP contribution in [0.15, 0.2) is 91.3 Å². The summed E-state index contributed by atoms with van der Waals surface area (Å²) in [5.41, 5.74) is 4.08. The molecule has 1 aliphatic rings. The van der Waals surface area contributed by atoms with Crippen molar-refractivity contribution in [1.29, 1.82) is 0 Å². The van der Waals surface area contributed by atoms with Crippen LogP contribution in [0, 0.1) is 17.7 Å². The highest BCUT2D eigenvalue weighted by Crippen LogP contribution is 2.33. The number of aromatic nitrogens is 2. The highest BCUT2D eigenvalue weighted by Gasteiger charge is 2.39. The smallest absolute Gasteiger partial charge is 0.310 e. The van der Waals surface area contributed by atoms with Crippen LogP contribution in [0.25, 0.3) is 33.6 Å². The number of aliphatic carboxylic acids is 1. The number of benzene rings is 3. The Morgan fingerprint density at radius 3 is 2.10 bits per heavy atom. The SMILES string of the molecule is CC(C)Oc1ccc(-c2ccc(-c3cnc(-c4ccc(C[C@H](CC(=O)c5ccc(C(C)(C)C)s5)C(=O)N5CC(C(=O)O)C5)cc4)nc3)c(F)c2)cc1. The lowest BCUT2D eigenvalue weighted by Gasteiger charge is -2.38. The van der Waals surface area contributed by atoms with E-state index >= 15 is 4.39 Å². The lowest BCUT2D eigenvalue weighted by atomic mass is 9.89. The molecule has 8 nitrogen and oxygen atoms in total. The minimum absolute atomic E-state index is 0.0283. The average molecular weight is 720 g/mol. The molecule has 6 rings (SSSR count). The number of nitrogens with zero attached hydrogens (tertiary/aromatic N) is 3. The number of ketones is 1. The zero-order valence-electron chi connectivity index (χ0n) is 29.9. The Hall–Kier alpha value is -5.22. The Labute approximate surface area is 307 Å². The van der Waals surface area contributed by atoms with E-state index in [9.17, 15) is 19.5 Å². The number of carbonyl (C=O) groups is 3. The molecule has 1 aliphatic heterocycles. The maximum atomic E-state index is 15.3. The fourth-order valence-corrected chi connectivity index (χ4v) is 7.16. The molecule has 268 valence electrons. The first-order chi connectivity index (χ1) is 24.7. The molecular weight excluding hydrogens is 678 g/mol. The normalized spacial score (nSPS) is 13.9. The Bertz CT molecular complexity index is 2060. The summed E-state index contributed by atoms with van der Waals surface area (Å²) in [5, 5.41) is 9.33. The van der Waals surface area contributed by atoms with Gasteiger partial charge in [0.15, 0.2) is 11.6 Å². The van der Waals surface area contributed by atoms with Gasteiger partial charge >= 0.3 is 5.97 Å². The third-order valence-corrected chi connectivity index (χ3v) is 10.7. The number of thiophene rings is 1. The number of carboxylic acid groups (broad SMARTS) is 1. The van der Waals surface area contributed by atoms with E-state index in [0.717, 1.165) is 32.9 Å². The monoisotopic (exact) mass is 719 g/mol. The van der Waals surface area contributed by atoms with Crippen LogP contribution >= 0.6 is 11.3 Å². The first-order valence-electron chi connectivity index (χ1n) is 17.4. The van der Waals surface area contributed by atoms with Crippen LogP contribution < -0.4 is 4.74 Å². The molecular formula is C42H42FN3O5S. The first kappa shape index (κ1) is 36.6. The van der Waals surface area contributed by atoms with E-state index in [1.165, 1.54) is 22.3 Å². The molecule has 3 aromatic carbocycles. The molecule has 0 radical (unpaired) electrons. The lowest BCUT2D eigenvalue weighted by Crippen LogP contribution is -2.55. The van der Waals surface area contributed by atoms with Crippen molar-refractivity contribution in [2.24, 2.45) is 11.8 Å². The van der Waals surface area contributed by atoms with Crippen molar-refractivity contribution in [2.45, 2.75) is 59.0 Å². The largest absolute Gasteiger partial charge is 0.491 e. The number of ether oxygens (including phenoxy) is 1. The molecule has 0 unspecified atom stereocenters. The van der Waals surface area contributed by atoms with Crippen molar-refractivity contribution >= 4 is 29.0 Å². The van der Waals surface area contributed by atoms with Gasteiger partial charge in [0.25, 0.3) is 0 Å². The number of carbonyl (C=O) groups excluding carboxylic acids is 2. The Kier molecular flexibility index (Phi) is 10.7. The van der Waals surface area contributed by atoms with Gasteiger partial charge in [-0.2, -0.15) is 0 Å². The van der Waals surface area contributed by atoms with Crippen LogP contribution in [0.2, 0.25) is 0 Å². The molecule has 0 bridgehead atoms. The summed E-state index contributed by atoms with van der Waals surface area (Å²) in [6, 6.07) is 23.9. The van der Waals surface area contributed by atoms with Crippen molar-refractivity contribution < 1.29 is 28.6 Å². The summed E-state index contributed by atoms with van der Waals surface area (Å²) in [4.78, 5) is 50.6. The number of halogens is 1. The van der Waals surface area contributed by atoms with E-state index in [4.69, 9.17) is 4.74 Å². The molecule has 0 spiro atoms. The van der Waals surface area contributed by atoms with E-state index in [0.29, 0.717) is 28.2 Å². The third kappa shape index (κ3) is 8.45. The minimum Gasteiger partial charge on any atom is -0.491 e. The predicted molar refractivity (Wildman–Crippen MR) is 201 cm³/mol. The molecule has 1 amide bonds. The second kappa shape index (κ2) is 15.2. The number of rotatable bonds is 12. The molecule has 0 aliphatic carbocycles. The number of hydrogen-bond acceptors (Lipinski definition) is 7. The maximum absolute atomic E-state index is 15.3. The van der Waals surface area contributed by atoms with Gasteiger partial charge < -0.3 is 14.7 Å². The zero-order chi connectivity index (χ0) is 37.2. The van der Waals surface area contributed by atoms with Gasteiger partial charge in [0.05, 0.1) is 16.9 Å². The number of hydrogen-bond donors (Lipinski definition) is 1. The second-order valence-electron chi connectivity index (χ2n) is 14.6. The van der Waals surface area contributed by atoms with Crippen molar-refractivity contribution in [3.05, 3.63) is 112 Å². The van der Waals surface area contributed by atoms with Crippen LogP contribution in [0.4, 0.5) is 4.39 Å². The van der Waals surface area contributed by atoms with Crippen molar-refractivity contribution in [3.63, 3.8) is 0 Å². The van der Waals surface area contributed by atoms with Gasteiger partial charge in [-0.15, -0.1) is 11.3 Å². The van der Waals surface area contributed by atoms with E-state index < -0.39 is 17.8 Å². The van der Waals surface area contributed by atoms with Crippen LogP contribution in [-0.4, -0.2) is 56.8 Å². The van der Waals surface area contributed by atoms with Crippen LogP contribution in [0.5, 0.6) is 5.75 Å². The van der Waals surface area contributed by atoms with E-state index in [-0.39, 0.29) is 48.5 Å². The van der Waals surface area contributed by atoms with Gasteiger partial charge in [-0.3, -0.25) is 14.4 Å². The average Bonchev–Trinajstić information content (AvgIpc) is 3.60. The molecule has 52 heavy (non-hydrogen) atoms. The zero-order valence-corrected chi connectivity index (χ0v) is 30.7. The molecule has 10 heteroatoms. The van der Waals surface area contributed by atoms with E-state index in [2.05, 4.69) is 30.7 Å². The summed E-state index contributed by atoms with van der Waals surface area (Å²) in [7, 11) is 0. The quantitative estimate of drug-likeness (QED) is 0.129. The van der Waals surface area contributed by atoms with Gasteiger partial charge in [0, 0.05) is 59.4 Å². The lowest BCUT2D eigenvalue weighted by molar-refractivity contribution is -0.154. The summed E-state index contributed by atoms with van der Waals surface area (Å²) in [6.45, 7) is 10.5. The van der Waals surface area contributed by atoms with Crippen molar-refractivity contribution in [2.75, 3.05) is 13.1 Å². The second-order valence-corrected chi connectivity index (χ2v) is 15.7. The Morgan fingerprint density at radius 1 is 0.885 bits per heavy atom. The number of likely N-dealkylation sites (tertiary alicyclic amines) is 1. The number of amides is 1. The van der Waals surface area contributed by atoms with Crippen LogP contribution in [0.3, 0.4) is 0 Å². The molecule has 1 atom stereocenters. The van der Waals surface area contributed by atoms with E-state index in [1.807, 2.05) is 80.6 Å². The minimum atomic E-state index is -0.923. The molecule has 5 aromatic rings. The number of carboxylic acids is 1. The van der Waals surface area contributed by atoms with Crippen molar-refractivity contribution in [3.8, 4) is 39.4 Å². The van der Waals surface area contributed by atoms with E-state index in [1.54, 1.807) is 18.5 Å². The topological polar surface area (TPSA) is 110 Å². The summed E-state index contributed by atoms with van der Waals surface area (Å²) in [6.07, 6.45) is 3.61. The predicted octanol–water partition coefficient (Wildman–Crippen LogP) is 8.74. The molecule has 3 heterocycles. The maximum Gasteiger partial charge on any atom is 0.310 e. The number of Topliss-reactive ketones (excluding diaryl/α,β-unsaturated/α-hetero) is 1. The molecule has 2 aromatic heterocycles. The summed E-state index contributed by atoms with van der Waals surface area (Å²) in [5.74, 6) is -1.61. The van der Waals surface area contributed by atoms with Crippen LogP contribution in [-0.2, 0) is 21.4 Å². The van der Waals surface area contributed by atoms with Crippen LogP contribution in [0.1, 0.15) is 61.2 Å². The van der Waals surface area contributed by atoms with Gasteiger partial charge in [0.2, 0.25) is 5.91 Å².